The first-order valence-corrected chi connectivity index (χ1v) is 9.81. The lowest BCUT2D eigenvalue weighted by molar-refractivity contribution is -0.0491. The molecule has 1 aliphatic carbocycles. The van der Waals surface area contributed by atoms with E-state index in [9.17, 15) is 0 Å². The Bertz CT molecular complexity index is 530. The van der Waals surface area contributed by atoms with Crippen molar-refractivity contribution in [2.75, 3.05) is 26.2 Å². The molecule has 0 aromatic carbocycles. The standard InChI is InChI=1S/C19H31N3O2/c23-14-13-22-18(4-10-20-22)16-5-11-21(12-6-16)15-17-3-9-19(24-17)7-1-2-8-19/h4,10,16-17,23H,1-3,5-9,11-15H2/t17-/m1/s1. The molecular weight excluding hydrogens is 302 g/mol. The summed E-state index contributed by atoms with van der Waals surface area (Å²) in [6, 6.07) is 2.12. The van der Waals surface area contributed by atoms with Crippen LogP contribution in [0.3, 0.4) is 0 Å². The normalized spacial score (nSPS) is 28.1. The second kappa shape index (κ2) is 7.14. The van der Waals surface area contributed by atoms with E-state index in [0.717, 1.165) is 19.6 Å². The van der Waals surface area contributed by atoms with Crippen LogP contribution in [0.2, 0.25) is 0 Å². The average Bonchev–Trinajstić information content (AvgIpc) is 3.32. The highest BCUT2D eigenvalue weighted by Gasteiger charge is 2.42. The Morgan fingerprint density at radius 3 is 2.71 bits per heavy atom. The number of rotatable bonds is 5. The Balaban J connectivity index is 1.27. The van der Waals surface area contributed by atoms with Crippen LogP contribution in [0.15, 0.2) is 12.3 Å². The predicted octanol–water partition coefficient (Wildman–Crippen LogP) is 2.55. The van der Waals surface area contributed by atoms with Gasteiger partial charge in [-0.2, -0.15) is 5.10 Å². The van der Waals surface area contributed by atoms with E-state index < -0.39 is 0 Å². The molecule has 1 saturated carbocycles. The highest BCUT2D eigenvalue weighted by atomic mass is 16.5. The van der Waals surface area contributed by atoms with Crippen LogP contribution >= 0.6 is 0 Å². The quantitative estimate of drug-likeness (QED) is 0.900. The molecule has 2 saturated heterocycles. The average molecular weight is 333 g/mol. The largest absolute Gasteiger partial charge is 0.394 e. The summed E-state index contributed by atoms with van der Waals surface area (Å²) in [5.41, 5.74) is 1.56. The lowest BCUT2D eigenvalue weighted by Gasteiger charge is -2.34. The third kappa shape index (κ3) is 3.39. The van der Waals surface area contributed by atoms with E-state index in [1.165, 1.54) is 57.1 Å². The van der Waals surface area contributed by atoms with Crippen LogP contribution < -0.4 is 0 Å². The van der Waals surface area contributed by atoms with Gasteiger partial charge in [0.1, 0.15) is 0 Å². The molecule has 24 heavy (non-hydrogen) atoms. The fourth-order valence-corrected chi connectivity index (χ4v) is 5.08. The van der Waals surface area contributed by atoms with Gasteiger partial charge in [-0.25, -0.2) is 0 Å². The maximum absolute atomic E-state index is 9.17. The van der Waals surface area contributed by atoms with Crippen LogP contribution in [0, 0.1) is 0 Å². The predicted molar refractivity (Wildman–Crippen MR) is 93.0 cm³/mol. The van der Waals surface area contributed by atoms with E-state index in [1.807, 2.05) is 10.9 Å². The smallest absolute Gasteiger partial charge is 0.0710 e. The summed E-state index contributed by atoms with van der Waals surface area (Å²) in [6.07, 6.45) is 12.5. The molecule has 1 atom stereocenters. The van der Waals surface area contributed by atoms with Gasteiger partial charge >= 0.3 is 0 Å². The molecule has 1 spiro atoms. The number of aliphatic hydroxyl groups is 1. The summed E-state index contributed by atoms with van der Waals surface area (Å²) in [7, 11) is 0. The molecule has 0 bridgehead atoms. The molecule has 5 nitrogen and oxygen atoms in total. The zero-order chi connectivity index (χ0) is 16.4. The van der Waals surface area contributed by atoms with Gasteiger partial charge in [-0.05, 0) is 57.7 Å². The third-order valence-electron chi connectivity index (χ3n) is 6.38. The van der Waals surface area contributed by atoms with E-state index >= 15 is 0 Å². The summed E-state index contributed by atoms with van der Waals surface area (Å²) < 4.78 is 8.46. The molecule has 0 unspecified atom stereocenters. The molecule has 1 aromatic rings. The molecule has 4 rings (SSSR count). The monoisotopic (exact) mass is 333 g/mol. The summed E-state index contributed by atoms with van der Waals surface area (Å²) in [4.78, 5) is 2.60. The van der Waals surface area contributed by atoms with Crippen molar-refractivity contribution in [2.24, 2.45) is 0 Å². The lowest BCUT2D eigenvalue weighted by Crippen LogP contribution is -2.39. The van der Waals surface area contributed by atoms with Crippen molar-refractivity contribution >= 4 is 0 Å². The molecule has 134 valence electrons. The van der Waals surface area contributed by atoms with Gasteiger partial charge in [0.2, 0.25) is 0 Å². The minimum absolute atomic E-state index is 0.161. The van der Waals surface area contributed by atoms with Gasteiger partial charge in [-0.3, -0.25) is 4.68 Å². The van der Waals surface area contributed by atoms with Crippen molar-refractivity contribution in [3.63, 3.8) is 0 Å². The minimum atomic E-state index is 0.161. The molecule has 3 aliphatic rings. The van der Waals surface area contributed by atoms with Crippen LogP contribution in [0.5, 0.6) is 0 Å². The first kappa shape index (κ1) is 16.6. The maximum Gasteiger partial charge on any atom is 0.0710 e. The van der Waals surface area contributed by atoms with Crippen molar-refractivity contribution in [3.8, 4) is 0 Å². The summed E-state index contributed by atoms with van der Waals surface area (Å²) >= 11 is 0. The minimum Gasteiger partial charge on any atom is -0.394 e. The second-order valence-corrected chi connectivity index (χ2v) is 7.95. The number of hydrogen-bond acceptors (Lipinski definition) is 4. The van der Waals surface area contributed by atoms with Crippen molar-refractivity contribution < 1.29 is 9.84 Å². The fraction of sp³-hybridized carbons (Fsp3) is 0.842. The zero-order valence-electron chi connectivity index (χ0n) is 14.7. The molecule has 3 heterocycles. The van der Waals surface area contributed by atoms with Crippen LogP contribution in [0.25, 0.3) is 0 Å². The molecule has 2 aliphatic heterocycles. The third-order valence-corrected chi connectivity index (χ3v) is 6.38. The van der Waals surface area contributed by atoms with E-state index in [1.54, 1.807) is 0 Å². The van der Waals surface area contributed by atoms with Crippen molar-refractivity contribution in [3.05, 3.63) is 18.0 Å². The van der Waals surface area contributed by atoms with Crippen molar-refractivity contribution in [2.45, 2.75) is 75.5 Å². The van der Waals surface area contributed by atoms with Crippen molar-refractivity contribution in [1.82, 2.24) is 14.7 Å². The van der Waals surface area contributed by atoms with Gasteiger partial charge < -0.3 is 14.7 Å². The van der Waals surface area contributed by atoms with Gasteiger partial charge in [-0.15, -0.1) is 0 Å². The molecular formula is C19H31N3O2. The van der Waals surface area contributed by atoms with Crippen LogP contribution in [-0.2, 0) is 11.3 Å². The highest BCUT2D eigenvalue weighted by molar-refractivity contribution is 5.09. The summed E-state index contributed by atoms with van der Waals surface area (Å²) in [5.74, 6) is 0.584. The Labute approximate surface area is 145 Å². The Morgan fingerprint density at radius 2 is 1.96 bits per heavy atom. The molecule has 0 radical (unpaired) electrons. The number of aromatic nitrogens is 2. The first-order chi connectivity index (χ1) is 11.8. The number of aliphatic hydroxyl groups excluding tert-OH is 1. The Hall–Kier alpha value is -0.910. The van der Waals surface area contributed by atoms with E-state index in [0.29, 0.717) is 18.6 Å². The molecule has 0 amide bonds. The second-order valence-electron chi connectivity index (χ2n) is 7.95. The van der Waals surface area contributed by atoms with E-state index in [2.05, 4.69) is 16.1 Å². The number of hydrogen-bond donors (Lipinski definition) is 1. The fourth-order valence-electron chi connectivity index (χ4n) is 5.08. The molecule has 5 heteroatoms. The maximum atomic E-state index is 9.17. The van der Waals surface area contributed by atoms with Crippen LogP contribution in [0.4, 0.5) is 0 Å². The molecule has 3 fully saturated rings. The van der Waals surface area contributed by atoms with Gasteiger partial charge in [-0.1, -0.05) is 12.8 Å². The van der Waals surface area contributed by atoms with Gasteiger partial charge in [0.05, 0.1) is 24.9 Å². The van der Waals surface area contributed by atoms with Gasteiger partial charge in [0.15, 0.2) is 0 Å². The number of ether oxygens (including phenoxy) is 1. The van der Waals surface area contributed by atoms with Crippen molar-refractivity contribution in [1.29, 1.82) is 0 Å². The van der Waals surface area contributed by atoms with Gasteiger partial charge in [0.25, 0.3) is 0 Å². The lowest BCUT2D eigenvalue weighted by atomic mass is 9.93. The number of piperidine rings is 1. The zero-order valence-corrected chi connectivity index (χ0v) is 14.7. The Morgan fingerprint density at radius 1 is 1.17 bits per heavy atom. The first-order valence-electron chi connectivity index (χ1n) is 9.81. The van der Waals surface area contributed by atoms with E-state index in [4.69, 9.17) is 9.84 Å². The molecule has 1 aromatic heterocycles. The highest BCUT2D eigenvalue weighted by Crippen LogP contribution is 2.43. The summed E-state index contributed by atoms with van der Waals surface area (Å²) in [5, 5.41) is 13.5. The van der Waals surface area contributed by atoms with Gasteiger partial charge in [0, 0.05) is 24.4 Å². The Kier molecular flexibility index (Phi) is 4.93. The summed E-state index contributed by atoms with van der Waals surface area (Å²) in [6.45, 7) is 4.20. The topological polar surface area (TPSA) is 50.5 Å². The van der Waals surface area contributed by atoms with Crippen LogP contribution in [-0.4, -0.2) is 57.7 Å². The number of likely N-dealkylation sites (tertiary alicyclic amines) is 1. The molecule has 1 N–H and O–H groups in total. The SMILES string of the molecule is OCCn1nccc1C1CCN(C[C@H]2CCC3(CCCC3)O2)CC1. The van der Waals surface area contributed by atoms with Crippen LogP contribution in [0.1, 0.15) is 63.0 Å². The number of nitrogens with zero attached hydrogens (tertiary/aromatic N) is 3. The van der Waals surface area contributed by atoms with E-state index in [-0.39, 0.29) is 12.2 Å².